The molecule has 134 valence electrons. The largest absolute Gasteiger partial charge is 0.125 e. The van der Waals surface area contributed by atoms with Crippen molar-refractivity contribution in [2.75, 3.05) is 0 Å². The second-order valence-electron chi connectivity index (χ2n) is 7.29. The summed E-state index contributed by atoms with van der Waals surface area (Å²) in [5.74, 6) is 0. The maximum Gasteiger partial charge on any atom is 0.125 e. The van der Waals surface area contributed by atoms with E-state index in [1.165, 1.54) is 89.9 Å². The number of hydrogen-bond acceptors (Lipinski definition) is 0. The summed E-state index contributed by atoms with van der Waals surface area (Å²) in [7, 11) is 0. The molecular weight excluding hydrogens is 395 g/mol. The quantitative estimate of drug-likeness (QED) is 0.0920. The Bertz CT molecular complexity index is 206. The predicted molar refractivity (Wildman–Crippen MR) is 116 cm³/mol. The van der Waals surface area contributed by atoms with E-state index in [1.807, 2.05) is 0 Å². The lowest BCUT2D eigenvalue weighted by Crippen LogP contribution is -2.25. The average Bonchev–Trinajstić information content (AvgIpc) is 2.52. The second kappa shape index (κ2) is 16.8. The number of unbranched alkanes of at least 4 members (excludes halogenated alkanes) is 11. The normalized spacial score (nSPS) is 12.0. The number of halogens is 1. The van der Waals surface area contributed by atoms with Gasteiger partial charge in [0.2, 0.25) is 0 Å². The summed E-state index contributed by atoms with van der Waals surface area (Å²) in [6.45, 7) is 6.97. The van der Waals surface area contributed by atoms with Crippen LogP contribution >= 0.6 is 21.8 Å². The first kappa shape index (κ1) is 22.9. The van der Waals surface area contributed by atoms with Crippen molar-refractivity contribution in [1.82, 2.24) is 0 Å². The van der Waals surface area contributed by atoms with Crippen LogP contribution in [-0.2, 0) is 0 Å². The lowest BCUT2D eigenvalue weighted by atomic mass is 10.1. The summed E-state index contributed by atoms with van der Waals surface area (Å²) in [6.07, 6.45) is 20.5. The molecule has 0 heterocycles. The molecule has 0 aliphatic carbocycles. The Hall–Kier alpha value is 0.947. The summed E-state index contributed by atoms with van der Waals surface area (Å²) in [5, 5.41) is 0. The van der Waals surface area contributed by atoms with E-state index in [9.17, 15) is 0 Å². The molecule has 0 aliphatic heterocycles. The fraction of sp³-hybridized carbons (Fsp3) is 1.00. The summed E-state index contributed by atoms with van der Waals surface area (Å²) in [6, 6.07) is 4.82. The van der Waals surface area contributed by atoms with Crippen LogP contribution in [0.4, 0.5) is 0 Å². The molecule has 0 saturated carbocycles. The van der Waals surface area contributed by atoms with E-state index in [0.29, 0.717) is 0 Å². The summed E-state index contributed by atoms with van der Waals surface area (Å²) in [5.41, 5.74) is -0.948. The molecule has 0 saturated heterocycles. The van der Waals surface area contributed by atoms with Gasteiger partial charge >= 0.3 is 0 Å². The molecule has 0 rings (SSSR count). The molecule has 0 fully saturated rings. The van der Waals surface area contributed by atoms with Gasteiger partial charge in [-0.25, -0.2) is 0 Å². The van der Waals surface area contributed by atoms with E-state index in [0.717, 1.165) is 0 Å². The van der Waals surface area contributed by atoms with Crippen molar-refractivity contribution in [3.8, 4) is 0 Å². The summed E-state index contributed by atoms with van der Waals surface area (Å²) in [4.78, 5) is 0. The van der Waals surface area contributed by atoms with Crippen LogP contribution in [0.2, 0.25) is 18.1 Å². The fourth-order valence-corrected chi connectivity index (χ4v) is 10.2. The lowest BCUT2D eigenvalue weighted by molar-refractivity contribution is 0.620. The van der Waals surface area contributed by atoms with E-state index < -0.39 is 5.57 Å². The third-order valence-corrected chi connectivity index (χ3v) is 13.5. The lowest BCUT2D eigenvalue weighted by Gasteiger charge is -2.25. The van der Waals surface area contributed by atoms with Gasteiger partial charge in [0.05, 0.1) is 0 Å². The Morgan fingerprint density at radius 1 is 0.455 bits per heavy atom. The predicted octanol–water partition coefficient (Wildman–Crippen LogP) is 8.89. The monoisotopic (exact) mass is 438 g/mol. The molecular formula is C20H43ISi. The van der Waals surface area contributed by atoms with Crippen molar-refractivity contribution in [3.63, 3.8) is 0 Å². The highest BCUT2D eigenvalue weighted by atomic mass is 127. The zero-order valence-electron chi connectivity index (χ0n) is 15.9. The van der Waals surface area contributed by atoms with Crippen LogP contribution in [0, 0.1) is 0 Å². The van der Waals surface area contributed by atoms with Crippen LogP contribution in [0.25, 0.3) is 0 Å². The summed E-state index contributed by atoms with van der Waals surface area (Å²) >= 11 is 2.99. The van der Waals surface area contributed by atoms with Crippen molar-refractivity contribution in [2.45, 2.75) is 129 Å². The van der Waals surface area contributed by atoms with Crippen molar-refractivity contribution in [2.24, 2.45) is 0 Å². The summed E-state index contributed by atoms with van der Waals surface area (Å²) < 4.78 is 0. The van der Waals surface area contributed by atoms with Gasteiger partial charge < -0.3 is 0 Å². The highest BCUT2D eigenvalue weighted by Gasteiger charge is 2.27. The van der Waals surface area contributed by atoms with Crippen LogP contribution in [0.1, 0.15) is 111 Å². The smallest absolute Gasteiger partial charge is 0.119 e. The first-order valence-corrected chi connectivity index (χ1v) is 16.1. The van der Waals surface area contributed by atoms with E-state index in [4.69, 9.17) is 0 Å². The van der Waals surface area contributed by atoms with E-state index >= 15 is 0 Å². The van der Waals surface area contributed by atoms with Crippen LogP contribution in [0.3, 0.4) is 0 Å². The SMILES string of the molecule is CCCCCCCC[Si](I)(CCCCCC)CCCCCC. The molecule has 0 aliphatic rings. The van der Waals surface area contributed by atoms with Crippen LogP contribution in [-0.4, -0.2) is 5.57 Å². The molecule has 0 unspecified atom stereocenters. The molecule has 0 bridgehead atoms. The van der Waals surface area contributed by atoms with Crippen molar-refractivity contribution in [1.29, 1.82) is 0 Å². The van der Waals surface area contributed by atoms with Crippen LogP contribution < -0.4 is 0 Å². The van der Waals surface area contributed by atoms with Gasteiger partial charge in [-0.1, -0.05) is 111 Å². The zero-order chi connectivity index (χ0) is 16.5. The van der Waals surface area contributed by atoms with Crippen LogP contribution in [0.15, 0.2) is 0 Å². The van der Waals surface area contributed by atoms with Gasteiger partial charge in [-0.2, -0.15) is 0 Å². The number of hydrogen-bond donors (Lipinski definition) is 0. The van der Waals surface area contributed by atoms with Gasteiger partial charge in [0.15, 0.2) is 0 Å². The maximum atomic E-state index is 2.99. The molecule has 0 nitrogen and oxygen atoms in total. The zero-order valence-corrected chi connectivity index (χ0v) is 19.1. The van der Waals surface area contributed by atoms with E-state index in [1.54, 1.807) is 18.1 Å². The first-order valence-electron chi connectivity index (χ1n) is 10.4. The van der Waals surface area contributed by atoms with Gasteiger partial charge in [-0.15, -0.1) is 21.8 Å². The fourth-order valence-electron chi connectivity index (χ4n) is 3.33. The Balaban J connectivity index is 3.96. The van der Waals surface area contributed by atoms with Crippen LogP contribution in [0.5, 0.6) is 0 Å². The highest BCUT2D eigenvalue weighted by molar-refractivity contribution is 14.1. The third kappa shape index (κ3) is 14.5. The molecule has 0 aromatic heterocycles. The molecule has 0 atom stereocenters. The molecule has 0 amide bonds. The topological polar surface area (TPSA) is 0 Å². The van der Waals surface area contributed by atoms with Gasteiger partial charge in [0.25, 0.3) is 0 Å². The van der Waals surface area contributed by atoms with Gasteiger partial charge in [-0.3, -0.25) is 0 Å². The minimum absolute atomic E-state index is 0.948. The Labute approximate surface area is 155 Å². The molecule has 2 heteroatoms. The molecule has 22 heavy (non-hydrogen) atoms. The first-order chi connectivity index (χ1) is 10.7. The third-order valence-electron chi connectivity index (χ3n) is 4.94. The van der Waals surface area contributed by atoms with E-state index in [2.05, 4.69) is 42.6 Å². The molecule has 0 aromatic rings. The Morgan fingerprint density at radius 2 is 0.727 bits per heavy atom. The molecule has 0 spiro atoms. The van der Waals surface area contributed by atoms with Gasteiger partial charge in [0.1, 0.15) is 5.57 Å². The second-order valence-corrected chi connectivity index (χ2v) is 18.0. The van der Waals surface area contributed by atoms with E-state index in [-0.39, 0.29) is 0 Å². The van der Waals surface area contributed by atoms with Crippen molar-refractivity contribution in [3.05, 3.63) is 0 Å². The van der Waals surface area contributed by atoms with Gasteiger partial charge in [-0.05, 0) is 18.1 Å². The maximum absolute atomic E-state index is 2.99. The minimum Gasteiger partial charge on any atom is -0.119 e. The van der Waals surface area contributed by atoms with Gasteiger partial charge in [0, 0.05) is 0 Å². The highest BCUT2D eigenvalue weighted by Crippen LogP contribution is 2.35. The minimum atomic E-state index is -0.948. The Kier molecular flexibility index (Phi) is 17.5. The van der Waals surface area contributed by atoms with Crippen molar-refractivity contribution < 1.29 is 0 Å². The molecule has 0 N–H and O–H groups in total. The molecule has 0 aromatic carbocycles. The number of rotatable bonds is 17. The average molecular weight is 439 g/mol. The Morgan fingerprint density at radius 3 is 1.09 bits per heavy atom. The molecule has 0 radical (unpaired) electrons. The van der Waals surface area contributed by atoms with Crippen molar-refractivity contribution >= 4 is 27.4 Å². The standard InChI is InChI=1S/C20H43ISi/c1-4-7-10-13-14-17-20-22(21,18-15-11-8-5-2)19-16-12-9-6-3/h4-20H2,1-3H3.